The Morgan fingerprint density at radius 2 is 1.94 bits per heavy atom. The van der Waals surface area contributed by atoms with Gasteiger partial charge in [0.05, 0.1) is 0 Å². The number of aliphatic imine (C=N–C) groups is 1. The minimum absolute atomic E-state index is 0.0591. The molecule has 18 heavy (non-hydrogen) atoms. The van der Waals surface area contributed by atoms with Gasteiger partial charge in [0, 0.05) is 31.9 Å². The summed E-state index contributed by atoms with van der Waals surface area (Å²) < 4.78 is 0. The highest BCUT2D eigenvalue weighted by atomic mass is 16.2. The van der Waals surface area contributed by atoms with Gasteiger partial charge in [0.25, 0.3) is 5.91 Å². The zero-order valence-corrected chi connectivity index (χ0v) is 11.6. The Labute approximate surface area is 108 Å². The van der Waals surface area contributed by atoms with Crippen LogP contribution in [0.1, 0.15) is 19.8 Å². The SMILES string of the molecule is CC(=O)C1=C(C(=O)N(C)CCN(C)C)N=CCC1. The van der Waals surface area contributed by atoms with Crippen LogP contribution in [-0.2, 0) is 9.59 Å². The van der Waals surface area contributed by atoms with Gasteiger partial charge in [-0.25, -0.2) is 0 Å². The first kappa shape index (κ1) is 14.6. The van der Waals surface area contributed by atoms with Gasteiger partial charge in [0.1, 0.15) is 5.70 Å². The zero-order valence-electron chi connectivity index (χ0n) is 11.6. The third kappa shape index (κ3) is 3.77. The molecule has 0 N–H and O–H groups in total. The average molecular weight is 251 g/mol. The number of Topliss-reactive ketones (excluding diaryl/α,β-unsaturated/α-hetero) is 1. The minimum Gasteiger partial charge on any atom is -0.339 e. The molecule has 0 aromatic rings. The molecule has 1 amide bonds. The number of ketones is 1. The Bertz CT molecular complexity index is 397. The van der Waals surface area contributed by atoms with Gasteiger partial charge in [-0.15, -0.1) is 0 Å². The van der Waals surface area contributed by atoms with E-state index >= 15 is 0 Å². The maximum Gasteiger partial charge on any atom is 0.272 e. The number of carbonyl (C=O) groups excluding carboxylic acids is 2. The summed E-state index contributed by atoms with van der Waals surface area (Å²) >= 11 is 0. The lowest BCUT2D eigenvalue weighted by atomic mass is 10.0. The van der Waals surface area contributed by atoms with Crippen LogP contribution in [0, 0.1) is 0 Å². The highest BCUT2D eigenvalue weighted by molar-refractivity contribution is 6.06. The molecule has 0 saturated heterocycles. The second-order valence-electron chi connectivity index (χ2n) is 4.76. The Hall–Kier alpha value is -1.49. The minimum atomic E-state index is -0.169. The lowest BCUT2D eigenvalue weighted by Crippen LogP contribution is -2.35. The van der Waals surface area contributed by atoms with Crippen molar-refractivity contribution >= 4 is 17.9 Å². The summed E-state index contributed by atoms with van der Waals surface area (Å²) in [5, 5.41) is 0. The van der Waals surface area contributed by atoms with Crippen molar-refractivity contribution in [3.05, 3.63) is 11.3 Å². The van der Waals surface area contributed by atoms with Gasteiger partial charge in [-0.1, -0.05) is 0 Å². The molecule has 0 bridgehead atoms. The van der Waals surface area contributed by atoms with Gasteiger partial charge >= 0.3 is 0 Å². The van der Waals surface area contributed by atoms with E-state index in [1.807, 2.05) is 19.0 Å². The molecule has 100 valence electrons. The molecular weight excluding hydrogens is 230 g/mol. The van der Waals surface area contributed by atoms with Crippen molar-refractivity contribution < 1.29 is 9.59 Å². The third-order valence-corrected chi connectivity index (χ3v) is 2.89. The molecular formula is C13H21N3O2. The first-order valence-corrected chi connectivity index (χ1v) is 6.10. The molecule has 0 aromatic heterocycles. The predicted molar refractivity (Wildman–Crippen MR) is 71.6 cm³/mol. The normalized spacial score (nSPS) is 15.2. The summed E-state index contributed by atoms with van der Waals surface area (Å²) in [6, 6.07) is 0. The van der Waals surface area contributed by atoms with Gasteiger partial charge in [-0.05, 0) is 33.9 Å². The lowest BCUT2D eigenvalue weighted by molar-refractivity contribution is -0.126. The summed E-state index contributed by atoms with van der Waals surface area (Å²) in [4.78, 5) is 31.4. The maximum atomic E-state index is 12.2. The quantitative estimate of drug-likeness (QED) is 0.723. The van der Waals surface area contributed by atoms with Crippen LogP contribution in [0.5, 0.6) is 0 Å². The van der Waals surface area contributed by atoms with Crippen LogP contribution in [0.3, 0.4) is 0 Å². The van der Waals surface area contributed by atoms with Crippen LogP contribution < -0.4 is 0 Å². The van der Waals surface area contributed by atoms with Crippen molar-refractivity contribution in [2.45, 2.75) is 19.8 Å². The number of rotatable bonds is 5. The summed E-state index contributed by atoms with van der Waals surface area (Å²) in [6.45, 7) is 2.90. The Balaban J connectivity index is 2.81. The molecule has 0 aliphatic carbocycles. The molecule has 5 nitrogen and oxygen atoms in total. The van der Waals surface area contributed by atoms with Crippen molar-refractivity contribution in [1.82, 2.24) is 9.80 Å². The number of nitrogens with zero attached hydrogens (tertiary/aromatic N) is 3. The van der Waals surface area contributed by atoms with Gasteiger partial charge in [-0.2, -0.15) is 0 Å². The molecule has 5 heteroatoms. The number of hydrogen-bond acceptors (Lipinski definition) is 4. The molecule has 0 saturated carbocycles. The van der Waals surface area contributed by atoms with E-state index in [4.69, 9.17) is 0 Å². The summed E-state index contributed by atoms with van der Waals surface area (Å²) in [6.07, 6.45) is 3.05. The highest BCUT2D eigenvalue weighted by Crippen LogP contribution is 2.19. The Morgan fingerprint density at radius 3 is 2.50 bits per heavy atom. The van der Waals surface area contributed by atoms with Crippen LogP contribution in [0.15, 0.2) is 16.3 Å². The van der Waals surface area contributed by atoms with E-state index in [2.05, 4.69) is 4.99 Å². The van der Waals surface area contributed by atoms with Crippen LogP contribution in [0.4, 0.5) is 0 Å². The smallest absolute Gasteiger partial charge is 0.272 e. The number of allylic oxidation sites excluding steroid dienone is 1. The maximum absolute atomic E-state index is 12.2. The Morgan fingerprint density at radius 1 is 1.28 bits per heavy atom. The van der Waals surface area contributed by atoms with E-state index in [0.717, 1.165) is 13.0 Å². The first-order chi connectivity index (χ1) is 8.43. The van der Waals surface area contributed by atoms with Crippen molar-refractivity contribution in [2.24, 2.45) is 4.99 Å². The zero-order chi connectivity index (χ0) is 13.7. The first-order valence-electron chi connectivity index (χ1n) is 6.10. The average Bonchev–Trinajstić information content (AvgIpc) is 2.34. The van der Waals surface area contributed by atoms with Gasteiger partial charge in [0.2, 0.25) is 0 Å². The molecule has 1 rings (SSSR count). The van der Waals surface area contributed by atoms with E-state index in [9.17, 15) is 9.59 Å². The standard InChI is InChI=1S/C13H21N3O2/c1-10(17)11-6-5-7-14-12(11)13(18)16(4)9-8-15(2)3/h7H,5-6,8-9H2,1-4H3. The molecule has 0 unspecified atom stereocenters. The second kappa shape index (κ2) is 6.44. The number of hydrogen-bond donors (Lipinski definition) is 0. The topological polar surface area (TPSA) is 53.0 Å². The van der Waals surface area contributed by atoms with Crippen LogP contribution >= 0.6 is 0 Å². The molecule has 1 aliphatic rings. The molecule has 0 fully saturated rings. The summed E-state index contributed by atoms with van der Waals surface area (Å²) in [7, 11) is 5.65. The van der Waals surface area contributed by atoms with Crippen molar-refractivity contribution in [1.29, 1.82) is 0 Å². The molecule has 0 radical (unpaired) electrons. The Kier molecular flexibility index (Phi) is 5.22. The van der Waals surface area contributed by atoms with Gasteiger partial charge < -0.3 is 9.80 Å². The molecule has 1 aliphatic heterocycles. The monoisotopic (exact) mass is 251 g/mol. The van der Waals surface area contributed by atoms with Crippen molar-refractivity contribution in [3.63, 3.8) is 0 Å². The van der Waals surface area contributed by atoms with E-state index < -0.39 is 0 Å². The van der Waals surface area contributed by atoms with Crippen LogP contribution in [0.25, 0.3) is 0 Å². The van der Waals surface area contributed by atoms with Gasteiger partial charge in [-0.3, -0.25) is 14.6 Å². The van der Waals surface area contributed by atoms with Crippen LogP contribution in [-0.4, -0.2) is 61.9 Å². The summed E-state index contributed by atoms with van der Waals surface area (Å²) in [5.41, 5.74) is 0.870. The molecule has 0 spiro atoms. The van der Waals surface area contributed by atoms with Crippen molar-refractivity contribution in [2.75, 3.05) is 34.2 Å². The molecule has 0 aromatic carbocycles. The van der Waals surface area contributed by atoms with Crippen LogP contribution in [0.2, 0.25) is 0 Å². The fraction of sp³-hybridized carbons (Fsp3) is 0.615. The van der Waals surface area contributed by atoms with E-state index in [1.165, 1.54) is 6.92 Å². The highest BCUT2D eigenvalue weighted by Gasteiger charge is 2.22. The molecule has 0 atom stereocenters. The number of amides is 1. The fourth-order valence-corrected chi connectivity index (χ4v) is 1.72. The summed E-state index contributed by atoms with van der Waals surface area (Å²) in [5.74, 6) is -0.228. The molecule has 1 heterocycles. The van der Waals surface area contributed by atoms with E-state index in [1.54, 1.807) is 18.2 Å². The number of carbonyl (C=O) groups is 2. The predicted octanol–water partition coefficient (Wildman–Crippen LogP) is 0.714. The lowest BCUT2D eigenvalue weighted by Gasteiger charge is -2.21. The number of likely N-dealkylation sites (N-methyl/N-ethyl adjacent to an activating group) is 2. The fourth-order valence-electron chi connectivity index (χ4n) is 1.72. The third-order valence-electron chi connectivity index (χ3n) is 2.89. The largest absolute Gasteiger partial charge is 0.339 e. The second-order valence-corrected chi connectivity index (χ2v) is 4.76. The van der Waals surface area contributed by atoms with E-state index in [0.29, 0.717) is 24.2 Å². The van der Waals surface area contributed by atoms with E-state index in [-0.39, 0.29) is 11.7 Å². The van der Waals surface area contributed by atoms with Crippen molar-refractivity contribution in [3.8, 4) is 0 Å². The van der Waals surface area contributed by atoms with Gasteiger partial charge in [0.15, 0.2) is 5.78 Å².